The van der Waals surface area contributed by atoms with Gasteiger partial charge in [-0.25, -0.2) is 0 Å². The first-order valence-corrected chi connectivity index (χ1v) is 6.14. The molecule has 0 saturated heterocycles. The number of rotatable bonds is 2. The summed E-state index contributed by atoms with van der Waals surface area (Å²) >= 11 is 0. The van der Waals surface area contributed by atoms with Gasteiger partial charge < -0.3 is 0 Å². The fraction of sp³-hybridized carbons (Fsp3) is 0.250. The Bertz CT molecular complexity index is 383. The molecule has 0 aliphatic heterocycles. The van der Waals surface area contributed by atoms with Crippen LogP contribution in [0, 0.1) is 6.92 Å². The van der Waals surface area contributed by atoms with Gasteiger partial charge in [-0.05, 0) is 24.5 Å². The van der Waals surface area contributed by atoms with Crippen molar-refractivity contribution in [2.24, 2.45) is 0 Å². The first-order valence-electron chi connectivity index (χ1n) is 6.14. The van der Waals surface area contributed by atoms with Crippen molar-refractivity contribution in [3.63, 3.8) is 0 Å². The molecule has 0 bridgehead atoms. The topological polar surface area (TPSA) is 0 Å². The summed E-state index contributed by atoms with van der Waals surface area (Å²) in [4.78, 5) is 0. The molecule has 1 heteroatoms. The highest BCUT2D eigenvalue weighted by Crippen LogP contribution is 2.09. The first kappa shape index (κ1) is 13.6. The molecule has 0 saturated carbocycles. The zero-order valence-electron chi connectivity index (χ0n) is 10.9. The molecule has 0 amide bonds. The van der Waals surface area contributed by atoms with E-state index in [1.165, 1.54) is 16.7 Å². The van der Waals surface area contributed by atoms with Crippen molar-refractivity contribution in [1.29, 1.82) is 0 Å². The summed E-state index contributed by atoms with van der Waals surface area (Å²) in [7, 11) is 5.64. The molecule has 0 heterocycles. The van der Waals surface area contributed by atoms with Crippen LogP contribution in [0.25, 0.3) is 0 Å². The third kappa shape index (κ3) is 4.48. The average molecular weight is 222 g/mol. The van der Waals surface area contributed by atoms with E-state index < -0.39 is 0 Å². The van der Waals surface area contributed by atoms with Crippen molar-refractivity contribution in [2.45, 2.75) is 27.2 Å². The molecule has 86 valence electrons. The molecule has 0 aromatic heterocycles. The van der Waals surface area contributed by atoms with Gasteiger partial charge in [-0.3, -0.25) is 0 Å². The van der Waals surface area contributed by atoms with Gasteiger partial charge in [-0.15, -0.1) is 0 Å². The molecule has 0 aliphatic carbocycles. The maximum absolute atomic E-state index is 5.64. The standard InChI is InChI=1S/C14H13B.C2H6/c1-11-2-4-12(5-3-11)10-13-6-8-14(15)9-7-13;1-2/h2-9H,10H2,1H3;1-2H3. The van der Waals surface area contributed by atoms with E-state index in [9.17, 15) is 0 Å². The van der Waals surface area contributed by atoms with Crippen molar-refractivity contribution >= 4 is 13.3 Å². The molecule has 2 radical (unpaired) electrons. The summed E-state index contributed by atoms with van der Waals surface area (Å²) in [5.41, 5.74) is 4.76. The molecule has 0 atom stereocenters. The summed E-state index contributed by atoms with van der Waals surface area (Å²) in [5, 5.41) is 0. The number of aryl methyl sites for hydroxylation is 1. The second-order valence-electron chi connectivity index (χ2n) is 3.90. The fourth-order valence-electron chi connectivity index (χ4n) is 1.58. The Morgan fingerprint density at radius 2 is 1.18 bits per heavy atom. The summed E-state index contributed by atoms with van der Waals surface area (Å²) in [5.74, 6) is 0. The Morgan fingerprint density at radius 1 is 0.765 bits per heavy atom. The van der Waals surface area contributed by atoms with Gasteiger partial charge in [0.25, 0.3) is 0 Å². The van der Waals surface area contributed by atoms with Gasteiger partial charge in [0.1, 0.15) is 7.85 Å². The highest BCUT2D eigenvalue weighted by Gasteiger charge is 1.95. The number of hydrogen-bond donors (Lipinski definition) is 0. The van der Waals surface area contributed by atoms with Crippen LogP contribution >= 0.6 is 0 Å². The van der Waals surface area contributed by atoms with Crippen molar-refractivity contribution in [1.82, 2.24) is 0 Å². The molecule has 2 aromatic rings. The van der Waals surface area contributed by atoms with Crippen LogP contribution < -0.4 is 5.46 Å². The minimum Gasteiger partial charge on any atom is -0.0967 e. The Morgan fingerprint density at radius 3 is 1.65 bits per heavy atom. The summed E-state index contributed by atoms with van der Waals surface area (Å²) < 4.78 is 0. The normalized spacial score (nSPS) is 9.35. The van der Waals surface area contributed by atoms with E-state index in [1.807, 2.05) is 26.0 Å². The van der Waals surface area contributed by atoms with Gasteiger partial charge >= 0.3 is 0 Å². The lowest BCUT2D eigenvalue weighted by Crippen LogP contribution is -2.00. The van der Waals surface area contributed by atoms with E-state index in [1.54, 1.807) is 0 Å². The van der Waals surface area contributed by atoms with Crippen molar-refractivity contribution in [2.75, 3.05) is 0 Å². The zero-order valence-corrected chi connectivity index (χ0v) is 10.9. The third-order valence-electron chi connectivity index (χ3n) is 2.51. The lowest BCUT2D eigenvalue weighted by atomic mass is 9.94. The molecule has 0 fully saturated rings. The lowest BCUT2D eigenvalue weighted by molar-refractivity contribution is 1.19. The molecule has 0 spiro atoms. The van der Waals surface area contributed by atoms with Gasteiger partial charge in [-0.1, -0.05) is 73.4 Å². The first-order chi connectivity index (χ1) is 8.24. The second kappa shape index (κ2) is 6.95. The van der Waals surface area contributed by atoms with E-state index in [2.05, 4.69) is 43.3 Å². The average Bonchev–Trinajstić information content (AvgIpc) is 2.37. The maximum Gasteiger partial charge on any atom is 0.113 e. The summed E-state index contributed by atoms with van der Waals surface area (Å²) in [6, 6.07) is 16.7. The predicted octanol–water partition coefficient (Wildman–Crippen LogP) is 3.41. The van der Waals surface area contributed by atoms with E-state index in [4.69, 9.17) is 7.85 Å². The van der Waals surface area contributed by atoms with E-state index in [-0.39, 0.29) is 0 Å². The van der Waals surface area contributed by atoms with Gasteiger partial charge in [0, 0.05) is 0 Å². The Hall–Kier alpha value is -1.50. The minimum absolute atomic E-state index is 0.822. The van der Waals surface area contributed by atoms with Crippen LogP contribution in [-0.4, -0.2) is 7.85 Å². The fourth-order valence-corrected chi connectivity index (χ4v) is 1.58. The predicted molar refractivity (Wildman–Crippen MR) is 77.2 cm³/mol. The molecular formula is C16H19B. The summed E-state index contributed by atoms with van der Waals surface area (Å²) in [6.45, 7) is 6.10. The minimum atomic E-state index is 0.822. The van der Waals surface area contributed by atoms with E-state index >= 15 is 0 Å². The molecule has 2 aromatic carbocycles. The van der Waals surface area contributed by atoms with Crippen molar-refractivity contribution in [3.05, 3.63) is 65.2 Å². The zero-order chi connectivity index (χ0) is 12.7. The quantitative estimate of drug-likeness (QED) is 0.683. The Kier molecular flexibility index (Phi) is 5.55. The van der Waals surface area contributed by atoms with Crippen molar-refractivity contribution in [3.8, 4) is 0 Å². The van der Waals surface area contributed by atoms with Gasteiger partial charge in [-0.2, -0.15) is 0 Å². The van der Waals surface area contributed by atoms with E-state index in [0.29, 0.717) is 0 Å². The number of benzene rings is 2. The molecule has 2 rings (SSSR count). The molecule has 0 unspecified atom stereocenters. The lowest BCUT2D eigenvalue weighted by Gasteiger charge is -2.03. The second-order valence-corrected chi connectivity index (χ2v) is 3.90. The van der Waals surface area contributed by atoms with Crippen LogP contribution in [0.3, 0.4) is 0 Å². The van der Waals surface area contributed by atoms with Crippen LogP contribution in [0.2, 0.25) is 0 Å². The Labute approximate surface area is 106 Å². The molecule has 0 nitrogen and oxygen atoms in total. The van der Waals surface area contributed by atoms with Crippen LogP contribution in [0.4, 0.5) is 0 Å². The third-order valence-corrected chi connectivity index (χ3v) is 2.51. The van der Waals surface area contributed by atoms with Crippen LogP contribution in [0.1, 0.15) is 30.5 Å². The van der Waals surface area contributed by atoms with Crippen molar-refractivity contribution < 1.29 is 0 Å². The number of hydrogen-bond acceptors (Lipinski definition) is 0. The molecule has 17 heavy (non-hydrogen) atoms. The molecule has 0 aliphatic rings. The van der Waals surface area contributed by atoms with Crippen LogP contribution in [0.5, 0.6) is 0 Å². The smallest absolute Gasteiger partial charge is 0.0967 e. The summed E-state index contributed by atoms with van der Waals surface area (Å²) in [6.07, 6.45) is 0.973. The van der Waals surface area contributed by atoms with Gasteiger partial charge in [0.2, 0.25) is 0 Å². The van der Waals surface area contributed by atoms with Crippen LogP contribution in [0.15, 0.2) is 48.5 Å². The van der Waals surface area contributed by atoms with Gasteiger partial charge in [0.05, 0.1) is 0 Å². The highest BCUT2D eigenvalue weighted by molar-refractivity contribution is 6.32. The van der Waals surface area contributed by atoms with Gasteiger partial charge in [0.15, 0.2) is 0 Å². The molecule has 0 N–H and O–H groups in total. The maximum atomic E-state index is 5.64. The monoisotopic (exact) mass is 222 g/mol. The highest BCUT2D eigenvalue weighted by atomic mass is 14.0. The largest absolute Gasteiger partial charge is 0.113 e. The SMILES string of the molecule is CC.[B]c1ccc(Cc2ccc(C)cc2)cc1. The van der Waals surface area contributed by atoms with E-state index in [0.717, 1.165) is 11.9 Å². The molecular weight excluding hydrogens is 203 g/mol. The van der Waals surface area contributed by atoms with Crippen LogP contribution in [-0.2, 0) is 6.42 Å². The Balaban J connectivity index is 0.000000686.